The Balaban J connectivity index is 5.33. The van der Waals surface area contributed by atoms with Gasteiger partial charge in [-0.2, -0.15) is 0 Å². The van der Waals surface area contributed by atoms with E-state index >= 15 is 0 Å². The molecule has 0 aliphatic rings. The molecule has 0 aliphatic heterocycles. The van der Waals surface area contributed by atoms with Gasteiger partial charge in [-0.15, -0.1) is 0 Å². The molecular weight excluding hydrogens is 365 g/mol. The zero-order valence-electron chi connectivity index (χ0n) is 18.0. The van der Waals surface area contributed by atoms with Crippen LogP contribution in [0.3, 0.4) is 0 Å². The topological polar surface area (TPSA) is 75.7 Å². The fourth-order valence-electron chi connectivity index (χ4n) is 3.35. The number of unbranched alkanes of at least 4 members (excludes halogenated alkanes) is 3. The van der Waals surface area contributed by atoms with Crippen molar-refractivity contribution in [2.75, 3.05) is 26.2 Å². The minimum Gasteiger partial charge on any atom is -0.746 e. The highest BCUT2D eigenvalue weighted by Gasteiger charge is 2.35. The minimum absolute atomic E-state index is 0.0284. The second kappa shape index (κ2) is 13.5. The number of carbonyl (C=O) groups excluding carboxylic acids is 1. The molecule has 0 rings (SSSR count). The molecule has 0 N–H and O–H groups in total. The molecule has 0 saturated carbocycles. The SMILES string of the molecule is C=C(C)C(=O)OP(=O)([O-])OCC(CC)[N+](CCCC)(CCCC)CCCC. The van der Waals surface area contributed by atoms with Crippen LogP contribution in [0.15, 0.2) is 12.2 Å². The molecule has 7 heteroatoms. The molecule has 0 fully saturated rings. The van der Waals surface area contributed by atoms with Gasteiger partial charge in [0.05, 0.1) is 19.6 Å². The third-order valence-electron chi connectivity index (χ3n) is 5.09. The summed E-state index contributed by atoms with van der Waals surface area (Å²) in [6, 6.07) is 0.0560. The number of phosphoric acid groups is 1. The van der Waals surface area contributed by atoms with E-state index in [0.717, 1.165) is 69.1 Å². The van der Waals surface area contributed by atoms with Crippen molar-refractivity contribution in [3.63, 3.8) is 0 Å². The van der Waals surface area contributed by atoms with E-state index in [1.165, 1.54) is 6.92 Å². The van der Waals surface area contributed by atoms with E-state index in [4.69, 9.17) is 4.52 Å². The predicted molar refractivity (Wildman–Crippen MR) is 108 cm³/mol. The summed E-state index contributed by atoms with van der Waals surface area (Å²) in [4.78, 5) is 23.6. The number of quaternary nitrogens is 1. The van der Waals surface area contributed by atoms with E-state index in [1.807, 2.05) is 0 Å². The van der Waals surface area contributed by atoms with E-state index in [1.54, 1.807) is 0 Å². The van der Waals surface area contributed by atoms with Gasteiger partial charge in [-0.1, -0.05) is 53.5 Å². The summed E-state index contributed by atoms with van der Waals surface area (Å²) in [6.45, 7) is 16.5. The summed E-state index contributed by atoms with van der Waals surface area (Å²) in [6.07, 6.45) is 7.42. The van der Waals surface area contributed by atoms with Gasteiger partial charge in [-0.3, -0.25) is 4.57 Å². The smallest absolute Gasteiger partial charge is 0.338 e. The lowest BCUT2D eigenvalue weighted by Crippen LogP contribution is -2.58. The zero-order chi connectivity index (χ0) is 20.9. The van der Waals surface area contributed by atoms with Gasteiger partial charge in [-0.25, -0.2) is 4.79 Å². The lowest BCUT2D eigenvalue weighted by Gasteiger charge is -2.45. The number of nitrogens with zero attached hydrogens (tertiary/aromatic N) is 1. The van der Waals surface area contributed by atoms with Gasteiger partial charge < -0.3 is 18.4 Å². The summed E-state index contributed by atoms with van der Waals surface area (Å²) >= 11 is 0. The van der Waals surface area contributed by atoms with Gasteiger partial charge in [-0.05, 0) is 32.6 Å². The average Bonchev–Trinajstić information content (AvgIpc) is 2.62. The Morgan fingerprint density at radius 2 is 1.48 bits per heavy atom. The Morgan fingerprint density at radius 1 is 1.04 bits per heavy atom. The van der Waals surface area contributed by atoms with Crippen LogP contribution in [0.4, 0.5) is 0 Å². The fourth-order valence-corrected chi connectivity index (χ4v) is 4.11. The molecule has 0 radical (unpaired) electrons. The third-order valence-corrected chi connectivity index (χ3v) is 5.94. The summed E-state index contributed by atoms with van der Waals surface area (Å²) in [5.74, 6) is -0.968. The van der Waals surface area contributed by atoms with Crippen LogP contribution >= 0.6 is 7.82 Å². The van der Waals surface area contributed by atoms with Crippen LogP contribution in [0, 0.1) is 0 Å². The number of rotatable bonds is 16. The molecule has 0 saturated heterocycles. The van der Waals surface area contributed by atoms with E-state index in [0.29, 0.717) is 0 Å². The first-order valence-corrected chi connectivity index (χ1v) is 11.8. The van der Waals surface area contributed by atoms with Crippen LogP contribution < -0.4 is 4.89 Å². The van der Waals surface area contributed by atoms with E-state index in [2.05, 4.69) is 38.8 Å². The second-order valence-corrected chi connectivity index (χ2v) is 8.75. The predicted octanol–water partition coefficient (Wildman–Crippen LogP) is 4.59. The van der Waals surface area contributed by atoms with Crippen molar-refractivity contribution in [2.45, 2.75) is 85.6 Å². The molecule has 2 unspecified atom stereocenters. The Hall–Kier alpha value is -0.680. The standard InChI is InChI=1S/C20H40NO5P/c1-7-11-14-21(15-12-8-2,16-13-9-3)19(10-4)17-25-27(23,24)26-20(22)18(5)6/h19H,5,7-17H2,1-4,6H3. The van der Waals surface area contributed by atoms with Crippen molar-refractivity contribution in [2.24, 2.45) is 0 Å². The highest BCUT2D eigenvalue weighted by Crippen LogP contribution is 2.40. The fraction of sp³-hybridized carbons (Fsp3) is 0.850. The van der Waals surface area contributed by atoms with Crippen molar-refractivity contribution < 1.29 is 27.8 Å². The van der Waals surface area contributed by atoms with Gasteiger partial charge in [0, 0.05) is 5.57 Å². The van der Waals surface area contributed by atoms with Crippen LogP contribution in [0.5, 0.6) is 0 Å². The number of hydrogen-bond acceptors (Lipinski definition) is 5. The van der Waals surface area contributed by atoms with Gasteiger partial charge in [0.15, 0.2) is 0 Å². The summed E-state index contributed by atoms with van der Waals surface area (Å²) in [5.41, 5.74) is 0.0284. The first kappa shape index (κ1) is 26.3. The lowest BCUT2D eigenvalue weighted by molar-refractivity contribution is -0.952. The summed E-state index contributed by atoms with van der Waals surface area (Å²) < 4.78 is 22.6. The van der Waals surface area contributed by atoms with E-state index < -0.39 is 13.8 Å². The first-order valence-electron chi connectivity index (χ1n) is 10.4. The highest BCUT2D eigenvalue weighted by atomic mass is 31.2. The quantitative estimate of drug-likeness (QED) is 0.213. The molecule has 160 valence electrons. The van der Waals surface area contributed by atoms with Crippen molar-refractivity contribution in [3.05, 3.63) is 12.2 Å². The first-order chi connectivity index (χ1) is 12.7. The number of carbonyl (C=O) groups is 1. The van der Waals surface area contributed by atoms with Crippen LogP contribution in [0.25, 0.3) is 0 Å². The van der Waals surface area contributed by atoms with Crippen molar-refractivity contribution >= 4 is 13.8 Å². The van der Waals surface area contributed by atoms with Gasteiger partial charge in [0.1, 0.15) is 12.6 Å². The minimum atomic E-state index is -4.69. The maximum Gasteiger partial charge on any atom is 0.338 e. The third kappa shape index (κ3) is 9.89. The lowest BCUT2D eigenvalue weighted by atomic mass is 10.1. The largest absolute Gasteiger partial charge is 0.746 e. The highest BCUT2D eigenvalue weighted by molar-refractivity contribution is 7.46. The summed E-state index contributed by atoms with van der Waals surface area (Å²) in [5, 5.41) is 0. The maximum atomic E-state index is 12.0. The zero-order valence-corrected chi connectivity index (χ0v) is 18.9. The molecule has 0 aromatic carbocycles. The van der Waals surface area contributed by atoms with Gasteiger partial charge >= 0.3 is 13.8 Å². The number of hydrogen-bond donors (Lipinski definition) is 0. The molecule has 0 aliphatic carbocycles. The van der Waals surface area contributed by atoms with Gasteiger partial charge in [0.2, 0.25) is 0 Å². The van der Waals surface area contributed by atoms with Crippen LogP contribution in [-0.2, 0) is 18.4 Å². The molecule has 0 bridgehead atoms. The van der Waals surface area contributed by atoms with Crippen molar-refractivity contribution in [3.8, 4) is 0 Å². The monoisotopic (exact) mass is 405 g/mol. The number of phosphoric ester groups is 1. The maximum absolute atomic E-state index is 12.0. The van der Waals surface area contributed by atoms with E-state index in [9.17, 15) is 14.3 Å². The van der Waals surface area contributed by atoms with Crippen molar-refractivity contribution in [1.29, 1.82) is 0 Å². The Kier molecular flexibility index (Phi) is 13.1. The van der Waals surface area contributed by atoms with Crippen LogP contribution in [0.1, 0.15) is 79.6 Å². The molecule has 0 aromatic rings. The van der Waals surface area contributed by atoms with Crippen LogP contribution in [0.2, 0.25) is 0 Å². The molecule has 0 heterocycles. The van der Waals surface area contributed by atoms with Crippen molar-refractivity contribution in [1.82, 2.24) is 0 Å². The molecule has 2 atom stereocenters. The normalized spacial score (nSPS) is 15.2. The molecular formula is C20H40NO5P. The Morgan fingerprint density at radius 3 is 1.81 bits per heavy atom. The Bertz CT molecular complexity index is 473. The second-order valence-electron chi connectivity index (χ2n) is 7.41. The Labute approximate surface area is 166 Å². The average molecular weight is 406 g/mol. The summed E-state index contributed by atoms with van der Waals surface area (Å²) in [7, 11) is -4.69. The molecule has 0 spiro atoms. The molecule has 0 amide bonds. The molecule has 27 heavy (non-hydrogen) atoms. The van der Waals surface area contributed by atoms with E-state index in [-0.39, 0.29) is 18.2 Å². The molecule has 0 aromatic heterocycles. The van der Waals surface area contributed by atoms with Gasteiger partial charge in [0.25, 0.3) is 0 Å². The van der Waals surface area contributed by atoms with Crippen LogP contribution in [-0.4, -0.2) is 42.7 Å². The molecule has 6 nitrogen and oxygen atoms in total.